The van der Waals surface area contributed by atoms with Crippen molar-refractivity contribution in [2.75, 3.05) is 0 Å². The molecule has 0 radical (unpaired) electrons. The van der Waals surface area contributed by atoms with Crippen molar-refractivity contribution in [1.29, 1.82) is 0 Å². The summed E-state index contributed by atoms with van der Waals surface area (Å²) in [6.45, 7) is 16.8. The molecule has 0 heteroatoms. The van der Waals surface area contributed by atoms with Crippen molar-refractivity contribution in [1.82, 2.24) is 0 Å². The summed E-state index contributed by atoms with van der Waals surface area (Å²) in [5.74, 6) is 0. The van der Waals surface area contributed by atoms with Gasteiger partial charge in [-0.3, -0.25) is 0 Å². The largest absolute Gasteiger partial charge is 0.0988 e. The average molecular weight is 244 g/mol. The monoisotopic (exact) mass is 244 g/mol. The normalized spacial score (nSPS) is 15.6. The highest BCUT2D eigenvalue weighted by atomic mass is 14.1. The van der Waals surface area contributed by atoms with E-state index in [0.29, 0.717) is 0 Å². The highest BCUT2D eigenvalue weighted by Gasteiger charge is 2.08. The minimum absolute atomic E-state index is 1.13. The van der Waals surface area contributed by atoms with Crippen LogP contribution >= 0.6 is 0 Å². The summed E-state index contributed by atoms with van der Waals surface area (Å²) >= 11 is 0. The molecule has 0 aliphatic rings. The van der Waals surface area contributed by atoms with E-state index in [1.165, 1.54) is 34.3 Å². The Balaban J connectivity index is 5.89. The quantitative estimate of drug-likeness (QED) is 0.492. The molecular weight excluding hydrogens is 216 g/mol. The third kappa shape index (κ3) is 4.52. The fraction of sp³-hybridized carbons (Fsp3) is 0.444. The molecular formula is C18H28. The van der Waals surface area contributed by atoms with Crippen molar-refractivity contribution >= 4 is 0 Å². The Morgan fingerprint density at radius 1 is 1.11 bits per heavy atom. The molecule has 0 saturated carbocycles. The van der Waals surface area contributed by atoms with Crippen LogP contribution in [0.4, 0.5) is 0 Å². The van der Waals surface area contributed by atoms with Gasteiger partial charge in [0.05, 0.1) is 0 Å². The molecule has 0 unspecified atom stereocenters. The SMILES string of the molecule is C=C/C(C)=C(\C=C/C)C(/C)=C(CCC)/C(C)=C\C. The predicted molar refractivity (Wildman–Crippen MR) is 84.8 cm³/mol. The number of rotatable bonds is 6. The van der Waals surface area contributed by atoms with Gasteiger partial charge >= 0.3 is 0 Å². The first-order valence-electron chi connectivity index (χ1n) is 6.82. The van der Waals surface area contributed by atoms with E-state index in [1.807, 2.05) is 6.08 Å². The summed E-state index contributed by atoms with van der Waals surface area (Å²) in [7, 11) is 0. The molecule has 0 aromatic carbocycles. The van der Waals surface area contributed by atoms with Gasteiger partial charge in [0.2, 0.25) is 0 Å². The van der Waals surface area contributed by atoms with Crippen LogP contribution in [0.1, 0.15) is 54.4 Å². The molecule has 0 aliphatic carbocycles. The van der Waals surface area contributed by atoms with E-state index in [4.69, 9.17) is 0 Å². The summed E-state index contributed by atoms with van der Waals surface area (Å²) < 4.78 is 0. The van der Waals surface area contributed by atoms with E-state index < -0.39 is 0 Å². The molecule has 0 N–H and O–H groups in total. The van der Waals surface area contributed by atoms with Crippen LogP contribution in [0.3, 0.4) is 0 Å². The fourth-order valence-corrected chi connectivity index (χ4v) is 2.10. The number of allylic oxidation sites excluding steroid dienone is 9. The van der Waals surface area contributed by atoms with Gasteiger partial charge in [0.25, 0.3) is 0 Å². The lowest BCUT2D eigenvalue weighted by Crippen LogP contribution is -1.95. The maximum Gasteiger partial charge on any atom is -0.0199 e. The third-order valence-electron chi connectivity index (χ3n) is 3.33. The van der Waals surface area contributed by atoms with Crippen molar-refractivity contribution in [3.63, 3.8) is 0 Å². The van der Waals surface area contributed by atoms with Crippen molar-refractivity contribution in [2.45, 2.75) is 54.4 Å². The Hall–Kier alpha value is -1.30. The Morgan fingerprint density at radius 3 is 2.11 bits per heavy atom. The summed E-state index contributed by atoms with van der Waals surface area (Å²) in [4.78, 5) is 0. The van der Waals surface area contributed by atoms with Crippen LogP contribution in [0.5, 0.6) is 0 Å². The van der Waals surface area contributed by atoms with E-state index in [1.54, 1.807) is 0 Å². The van der Waals surface area contributed by atoms with Gasteiger partial charge in [0.1, 0.15) is 0 Å². The summed E-state index contributed by atoms with van der Waals surface area (Å²) in [5.41, 5.74) is 6.77. The smallest absolute Gasteiger partial charge is 0.0199 e. The van der Waals surface area contributed by atoms with Crippen LogP contribution in [0.2, 0.25) is 0 Å². The first-order chi connectivity index (χ1) is 8.53. The molecule has 0 spiro atoms. The molecule has 0 bridgehead atoms. The van der Waals surface area contributed by atoms with E-state index in [-0.39, 0.29) is 0 Å². The average Bonchev–Trinajstić information content (AvgIpc) is 2.39. The van der Waals surface area contributed by atoms with Crippen LogP contribution < -0.4 is 0 Å². The van der Waals surface area contributed by atoms with Crippen molar-refractivity contribution in [2.24, 2.45) is 0 Å². The Kier molecular flexibility index (Phi) is 8.11. The second-order valence-electron chi connectivity index (χ2n) is 4.63. The minimum Gasteiger partial charge on any atom is -0.0988 e. The lowest BCUT2D eigenvalue weighted by Gasteiger charge is -2.15. The predicted octanol–water partition coefficient (Wildman–Crippen LogP) is 6.15. The Morgan fingerprint density at radius 2 is 1.72 bits per heavy atom. The van der Waals surface area contributed by atoms with Gasteiger partial charge in [0, 0.05) is 0 Å². The lowest BCUT2D eigenvalue weighted by atomic mass is 9.90. The van der Waals surface area contributed by atoms with Crippen molar-refractivity contribution in [3.8, 4) is 0 Å². The first kappa shape index (κ1) is 16.7. The van der Waals surface area contributed by atoms with Gasteiger partial charge in [-0.1, -0.05) is 49.8 Å². The molecule has 0 heterocycles. The van der Waals surface area contributed by atoms with Crippen LogP contribution in [0.25, 0.3) is 0 Å². The van der Waals surface area contributed by atoms with Gasteiger partial charge in [-0.05, 0) is 63.3 Å². The van der Waals surface area contributed by atoms with Gasteiger partial charge in [-0.15, -0.1) is 0 Å². The van der Waals surface area contributed by atoms with Crippen LogP contribution in [0, 0.1) is 0 Å². The molecule has 18 heavy (non-hydrogen) atoms. The molecule has 0 aliphatic heterocycles. The third-order valence-corrected chi connectivity index (χ3v) is 3.33. The molecule has 0 aromatic heterocycles. The highest BCUT2D eigenvalue weighted by Crippen LogP contribution is 2.27. The van der Waals surface area contributed by atoms with E-state index in [2.05, 4.69) is 66.3 Å². The summed E-state index contributed by atoms with van der Waals surface area (Å²) in [6, 6.07) is 0. The molecule has 0 aromatic rings. The van der Waals surface area contributed by atoms with Crippen LogP contribution in [-0.4, -0.2) is 0 Å². The standard InChI is InChI=1S/C18H28/c1-8-12-17(14(5)10-3)16(7)18(13-9-2)15(6)11-4/h8,10-12H,3,9,13H2,1-2,4-7H3/b12-8-,15-11-,17-14+,18-16+. The topological polar surface area (TPSA) is 0 Å². The van der Waals surface area contributed by atoms with Crippen LogP contribution in [-0.2, 0) is 0 Å². The molecule has 100 valence electrons. The molecule has 0 atom stereocenters. The van der Waals surface area contributed by atoms with E-state index >= 15 is 0 Å². The lowest BCUT2D eigenvalue weighted by molar-refractivity contribution is 0.898. The zero-order valence-corrected chi connectivity index (χ0v) is 12.9. The van der Waals surface area contributed by atoms with E-state index in [9.17, 15) is 0 Å². The first-order valence-corrected chi connectivity index (χ1v) is 6.82. The maximum atomic E-state index is 3.89. The highest BCUT2D eigenvalue weighted by molar-refractivity contribution is 5.51. The molecule has 0 saturated heterocycles. The summed E-state index contributed by atoms with van der Waals surface area (Å²) in [5, 5.41) is 0. The van der Waals surface area contributed by atoms with Crippen molar-refractivity contribution < 1.29 is 0 Å². The van der Waals surface area contributed by atoms with Crippen LogP contribution in [0.15, 0.2) is 58.7 Å². The maximum absolute atomic E-state index is 3.89. The minimum atomic E-state index is 1.13. The Labute approximate surface area is 113 Å². The van der Waals surface area contributed by atoms with E-state index in [0.717, 1.165) is 6.42 Å². The van der Waals surface area contributed by atoms with Gasteiger partial charge in [-0.2, -0.15) is 0 Å². The number of hydrogen-bond donors (Lipinski definition) is 0. The molecule has 0 fully saturated rings. The molecule has 0 amide bonds. The van der Waals surface area contributed by atoms with Crippen molar-refractivity contribution in [3.05, 3.63) is 58.7 Å². The second kappa shape index (κ2) is 8.74. The fourth-order valence-electron chi connectivity index (χ4n) is 2.10. The number of hydrogen-bond acceptors (Lipinski definition) is 0. The molecule has 0 rings (SSSR count). The van der Waals surface area contributed by atoms with Gasteiger partial charge in [0.15, 0.2) is 0 Å². The zero-order chi connectivity index (χ0) is 14.1. The van der Waals surface area contributed by atoms with Gasteiger partial charge in [-0.25, -0.2) is 0 Å². The van der Waals surface area contributed by atoms with Gasteiger partial charge < -0.3 is 0 Å². The second-order valence-corrected chi connectivity index (χ2v) is 4.63. The summed E-state index contributed by atoms with van der Waals surface area (Å²) in [6.07, 6.45) is 10.7. The molecule has 0 nitrogen and oxygen atoms in total. The zero-order valence-electron chi connectivity index (χ0n) is 12.9. The Bertz CT molecular complexity index is 398.